The Bertz CT molecular complexity index is 324. The number of nitrogens with zero attached hydrogens (tertiary/aromatic N) is 1. The molecule has 1 radical (unpaired) electrons. The molecule has 3 heteroatoms. The zero-order valence-corrected chi connectivity index (χ0v) is 8.40. The van der Waals surface area contributed by atoms with Gasteiger partial charge in [-0.3, -0.25) is 0 Å². The van der Waals surface area contributed by atoms with Crippen LogP contribution in [0.1, 0.15) is 5.56 Å². The van der Waals surface area contributed by atoms with E-state index in [1.54, 1.807) is 0 Å². The Balaban J connectivity index is 2.19. The summed E-state index contributed by atoms with van der Waals surface area (Å²) in [4.78, 5) is 2.18. The van der Waals surface area contributed by atoms with E-state index in [0.717, 1.165) is 22.2 Å². The number of hydrogen-bond acceptors (Lipinski definition) is 2. The molecule has 13 heavy (non-hydrogen) atoms. The first kappa shape index (κ1) is 8.66. The maximum atomic E-state index is 8.81. The summed E-state index contributed by atoms with van der Waals surface area (Å²) in [6.45, 7) is 1.94. The SMILES string of the molecule is OCCN1C=[Si]c2ccccc2C1. The van der Waals surface area contributed by atoms with E-state index in [1.165, 1.54) is 10.8 Å². The van der Waals surface area contributed by atoms with Crippen LogP contribution in [0.5, 0.6) is 0 Å². The van der Waals surface area contributed by atoms with Gasteiger partial charge in [0.25, 0.3) is 0 Å². The number of aliphatic hydroxyl groups is 1. The molecular weight excluding hydrogens is 178 g/mol. The van der Waals surface area contributed by atoms with E-state index in [2.05, 4.69) is 35.0 Å². The molecule has 67 valence electrons. The van der Waals surface area contributed by atoms with Crippen LogP contribution in [-0.2, 0) is 6.54 Å². The smallest absolute Gasteiger partial charge is 0.0811 e. The van der Waals surface area contributed by atoms with Crippen molar-refractivity contribution in [1.82, 2.24) is 4.90 Å². The minimum absolute atomic E-state index is 0.239. The van der Waals surface area contributed by atoms with Crippen LogP contribution in [0.4, 0.5) is 0 Å². The van der Waals surface area contributed by atoms with Gasteiger partial charge in [-0.2, -0.15) is 0 Å². The first-order chi connectivity index (χ1) is 6.40. The average Bonchev–Trinajstić information content (AvgIpc) is 2.18. The summed E-state index contributed by atoms with van der Waals surface area (Å²) in [5, 5.41) is 10.2. The summed E-state index contributed by atoms with van der Waals surface area (Å²) >= 11 is 0. The van der Waals surface area contributed by atoms with Crippen LogP contribution in [0, 0.1) is 0 Å². The molecule has 0 spiro atoms. The minimum Gasteiger partial charge on any atom is -0.395 e. The fourth-order valence-electron chi connectivity index (χ4n) is 1.50. The number of rotatable bonds is 2. The summed E-state index contributed by atoms with van der Waals surface area (Å²) in [7, 11) is 0.753. The van der Waals surface area contributed by atoms with Crippen molar-refractivity contribution in [2.45, 2.75) is 6.54 Å². The number of aliphatic hydroxyl groups excluding tert-OH is 1. The normalized spacial score (nSPS) is 14.4. The zero-order chi connectivity index (χ0) is 9.10. The molecular formula is C10H12NOSi. The van der Waals surface area contributed by atoms with E-state index in [0.29, 0.717) is 0 Å². The van der Waals surface area contributed by atoms with E-state index in [9.17, 15) is 0 Å². The molecule has 1 N–H and O–H groups in total. The first-order valence-corrected chi connectivity index (χ1v) is 5.50. The van der Waals surface area contributed by atoms with Crippen molar-refractivity contribution >= 4 is 20.1 Å². The van der Waals surface area contributed by atoms with Crippen molar-refractivity contribution in [2.24, 2.45) is 0 Å². The summed E-state index contributed by atoms with van der Waals surface area (Å²) in [6, 6.07) is 8.51. The van der Waals surface area contributed by atoms with Gasteiger partial charge in [-0.15, -0.1) is 0 Å². The highest BCUT2D eigenvalue weighted by atomic mass is 28.2. The highest BCUT2D eigenvalue weighted by molar-refractivity contribution is 6.61. The number of fused-ring (bicyclic) bond motifs is 1. The van der Waals surface area contributed by atoms with Crippen molar-refractivity contribution in [2.75, 3.05) is 13.2 Å². The Morgan fingerprint density at radius 1 is 1.38 bits per heavy atom. The third-order valence-electron chi connectivity index (χ3n) is 2.18. The number of β-amino-alcohol motifs (C(OH)–C–C–N with tert-alkyl or cyclic N) is 1. The maximum Gasteiger partial charge on any atom is 0.0811 e. The Hall–Kier alpha value is -0.933. The minimum atomic E-state index is 0.239. The van der Waals surface area contributed by atoms with Crippen LogP contribution in [0.3, 0.4) is 0 Å². The number of benzene rings is 1. The van der Waals surface area contributed by atoms with E-state index < -0.39 is 0 Å². The second kappa shape index (κ2) is 3.85. The lowest BCUT2D eigenvalue weighted by atomic mass is 10.2. The van der Waals surface area contributed by atoms with Gasteiger partial charge in [-0.1, -0.05) is 24.3 Å². The van der Waals surface area contributed by atoms with Gasteiger partial charge < -0.3 is 10.0 Å². The quantitative estimate of drug-likeness (QED) is 0.641. The zero-order valence-electron chi connectivity index (χ0n) is 7.40. The van der Waals surface area contributed by atoms with Crippen molar-refractivity contribution in [3.05, 3.63) is 29.8 Å². The fraction of sp³-hybridized carbons (Fsp3) is 0.300. The predicted octanol–water partition coefficient (Wildman–Crippen LogP) is -0.416. The van der Waals surface area contributed by atoms with Crippen molar-refractivity contribution < 1.29 is 5.11 Å². The molecule has 2 rings (SSSR count). The highest BCUT2D eigenvalue weighted by Crippen LogP contribution is 2.02. The molecule has 1 aliphatic rings. The third-order valence-corrected chi connectivity index (χ3v) is 3.47. The lowest BCUT2D eigenvalue weighted by Gasteiger charge is -2.24. The summed E-state index contributed by atoms with van der Waals surface area (Å²) in [6.07, 6.45) is 0. The van der Waals surface area contributed by atoms with E-state index >= 15 is 0 Å². The average molecular weight is 190 g/mol. The van der Waals surface area contributed by atoms with E-state index in [4.69, 9.17) is 5.11 Å². The Kier molecular flexibility index (Phi) is 2.56. The largest absolute Gasteiger partial charge is 0.395 e. The van der Waals surface area contributed by atoms with Gasteiger partial charge in [0, 0.05) is 13.1 Å². The van der Waals surface area contributed by atoms with Crippen molar-refractivity contribution in [3.63, 3.8) is 0 Å². The second-order valence-corrected chi connectivity index (χ2v) is 4.21. The molecule has 0 aromatic heterocycles. The van der Waals surface area contributed by atoms with Crippen LogP contribution >= 0.6 is 0 Å². The number of hydrogen-bond donors (Lipinski definition) is 1. The Labute approximate surface area is 80.3 Å². The van der Waals surface area contributed by atoms with Gasteiger partial charge in [0.2, 0.25) is 0 Å². The van der Waals surface area contributed by atoms with Crippen LogP contribution in [-0.4, -0.2) is 38.1 Å². The molecule has 0 aliphatic carbocycles. The van der Waals surface area contributed by atoms with Crippen molar-refractivity contribution in [1.29, 1.82) is 0 Å². The van der Waals surface area contributed by atoms with Crippen LogP contribution < -0.4 is 5.19 Å². The van der Waals surface area contributed by atoms with Gasteiger partial charge in [-0.05, 0) is 16.5 Å². The molecule has 0 saturated heterocycles. The van der Waals surface area contributed by atoms with Gasteiger partial charge in [0.05, 0.1) is 15.7 Å². The van der Waals surface area contributed by atoms with Crippen LogP contribution in [0.2, 0.25) is 0 Å². The molecule has 0 atom stereocenters. The van der Waals surface area contributed by atoms with Crippen LogP contribution in [0.15, 0.2) is 24.3 Å². The van der Waals surface area contributed by atoms with E-state index in [1.807, 2.05) is 0 Å². The molecule has 0 fully saturated rings. The van der Waals surface area contributed by atoms with Gasteiger partial charge in [0.15, 0.2) is 0 Å². The molecule has 0 saturated carbocycles. The monoisotopic (exact) mass is 190 g/mol. The lowest BCUT2D eigenvalue weighted by molar-refractivity contribution is 0.250. The molecule has 0 amide bonds. The molecule has 2 nitrogen and oxygen atoms in total. The van der Waals surface area contributed by atoms with Gasteiger partial charge >= 0.3 is 0 Å². The summed E-state index contributed by atoms with van der Waals surface area (Å²) in [5.74, 6) is 2.19. The summed E-state index contributed by atoms with van der Waals surface area (Å²) < 4.78 is 0. The van der Waals surface area contributed by atoms with Gasteiger partial charge in [-0.25, -0.2) is 0 Å². The lowest BCUT2D eigenvalue weighted by Crippen LogP contribution is -2.35. The topological polar surface area (TPSA) is 23.5 Å². The molecule has 1 heterocycles. The van der Waals surface area contributed by atoms with Crippen LogP contribution in [0.25, 0.3) is 0 Å². The Morgan fingerprint density at radius 3 is 3.08 bits per heavy atom. The highest BCUT2D eigenvalue weighted by Gasteiger charge is 2.08. The standard InChI is InChI=1S/C10H12NOSi/c12-6-5-11-7-9-3-1-2-4-10(9)13-8-11/h1-4,8,12H,5-7H2. The molecule has 1 aliphatic heterocycles. The van der Waals surface area contributed by atoms with Gasteiger partial charge in [0.1, 0.15) is 0 Å². The molecule has 0 unspecified atom stereocenters. The summed E-state index contributed by atoms with van der Waals surface area (Å²) in [5.41, 5.74) is 1.40. The third kappa shape index (κ3) is 1.87. The maximum absolute atomic E-state index is 8.81. The second-order valence-electron chi connectivity index (χ2n) is 3.12. The Morgan fingerprint density at radius 2 is 2.23 bits per heavy atom. The first-order valence-electron chi connectivity index (χ1n) is 4.43. The molecule has 1 aromatic rings. The molecule has 0 bridgehead atoms. The van der Waals surface area contributed by atoms with E-state index in [-0.39, 0.29) is 6.61 Å². The predicted molar refractivity (Wildman–Crippen MR) is 55.4 cm³/mol. The fourth-order valence-corrected chi connectivity index (χ4v) is 2.58. The van der Waals surface area contributed by atoms with Crippen molar-refractivity contribution in [3.8, 4) is 0 Å². The molecule has 1 aromatic carbocycles.